The van der Waals surface area contributed by atoms with Crippen molar-refractivity contribution in [1.29, 1.82) is 0 Å². The highest BCUT2D eigenvalue weighted by molar-refractivity contribution is 9.10. The molecule has 0 spiro atoms. The van der Waals surface area contributed by atoms with E-state index in [9.17, 15) is 0 Å². The molecule has 0 unspecified atom stereocenters. The van der Waals surface area contributed by atoms with Gasteiger partial charge < -0.3 is 10.1 Å². The first-order valence-electron chi connectivity index (χ1n) is 6.29. The molecule has 0 saturated carbocycles. The Morgan fingerprint density at radius 2 is 2.19 bits per heavy atom. The SMILES string of the molecule is CCNc1nc(Oc2ccc(Br)cc2Cl)c2ccsc2n1. The van der Waals surface area contributed by atoms with Gasteiger partial charge >= 0.3 is 0 Å². The predicted molar refractivity (Wildman–Crippen MR) is 90.8 cm³/mol. The number of nitrogens with zero attached hydrogens (tertiary/aromatic N) is 2. The van der Waals surface area contributed by atoms with Crippen LogP contribution in [0.4, 0.5) is 5.95 Å². The summed E-state index contributed by atoms with van der Waals surface area (Å²) >= 11 is 11.1. The smallest absolute Gasteiger partial charge is 0.232 e. The van der Waals surface area contributed by atoms with Crippen molar-refractivity contribution in [3.8, 4) is 11.6 Å². The number of nitrogens with one attached hydrogen (secondary N) is 1. The van der Waals surface area contributed by atoms with Crippen molar-refractivity contribution in [2.75, 3.05) is 11.9 Å². The third-order valence-corrected chi connectivity index (χ3v) is 4.32. The third-order valence-electron chi connectivity index (χ3n) is 2.73. The first kappa shape index (κ1) is 14.6. The lowest BCUT2D eigenvalue weighted by Gasteiger charge is -2.09. The molecule has 21 heavy (non-hydrogen) atoms. The van der Waals surface area contributed by atoms with Gasteiger partial charge in [0.05, 0.1) is 10.4 Å². The van der Waals surface area contributed by atoms with Crippen LogP contribution in [0.25, 0.3) is 10.2 Å². The number of ether oxygens (including phenoxy) is 1. The molecule has 0 aliphatic rings. The van der Waals surface area contributed by atoms with Crippen LogP contribution in [0.5, 0.6) is 11.6 Å². The summed E-state index contributed by atoms with van der Waals surface area (Å²) in [4.78, 5) is 9.73. The standard InChI is InChI=1S/C14H11BrClN3OS/c1-2-17-14-18-12(9-5-6-21-13(9)19-14)20-11-4-3-8(15)7-10(11)16/h3-7H,2H2,1H3,(H,17,18,19). The van der Waals surface area contributed by atoms with Gasteiger partial charge in [-0.25, -0.2) is 4.98 Å². The van der Waals surface area contributed by atoms with Crippen molar-refractivity contribution in [1.82, 2.24) is 9.97 Å². The minimum Gasteiger partial charge on any atom is -0.437 e. The van der Waals surface area contributed by atoms with E-state index in [4.69, 9.17) is 16.3 Å². The number of aromatic nitrogens is 2. The van der Waals surface area contributed by atoms with Crippen LogP contribution in [0.1, 0.15) is 6.92 Å². The Hall–Kier alpha value is -1.37. The van der Waals surface area contributed by atoms with Crippen LogP contribution in [0.15, 0.2) is 34.1 Å². The molecule has 1 aromatic carbocycles. The molecule has 0 aliphatic heterocycles. The van der Waals surface area contributed by atoms with Crippen molar-refractivity contribution in [2.45, 2.75) is 6.92 Å². The van der Waals surface area contributed by atoms with Crippen molar-refractivity contribution in [3.05, 3.63) is 39.1 Å². The summed E-state index contributed by atoms with van der Waals surface area (Å²) in [5.74, 6) is 1.62. The highest BCUT2D eigenvalue weighted by Crippen LogP contribution is 2.35. The van der Waals surface area contributed by atoms with E-state index in [0.717, 1.165) is 21.2 Å². The first-order valence-corrected chi connectivity index (χ1v) is 8.34. The summed E-state index contributed by atoms with van der Waals surface area (Å²) in [5, 5.41) is 6.47. The van der Waals surface area contributed by atoms with Crippen LogP contribution >= 0.6 is 38.9 Å². The number of halogens is 2. The van der Waals surface area contributed by atoms with Gasteiger partial charge in [-0.2, -0.15) is 4.98 Å². The number of anilines is 1. The number of hydrogen-bond donors (Lipinski definition) is 1. The maximum absolute atomic E-state index is 6.19. The average Bonchev–Trinajstić information content (AvgIpc) is 2.91. The number of thiophene rings is 1. The zero-order valence-corrected chi connectivity index (χ0v) is 14.2. The molecule has 108 valence electrons. The molecule has 0 bridgehead atoms. The van der Waals surface area contributed by atoms with E-state index in [2.05, 4.69) is 31.2 Å². The van der Waals surface area contributed by atoms with Crippen LogP contribution in [0.3, 0.4) is 0 Å². The second-order valence-corrected chi connectivity index (χ2v) is 6.42. The Morgan fingerprint density at radius 3 is 2.95 bits per heavy atom. The molecular formula is C14H11BrClN3OS. The van der Waals surface area contributed by atoms with Gasteiger partial charge in [0.25, 0.3) is 0 Å². The Kier molecular flexibility index (Phi) is 4.28. The first-order chi connectivity index (χ1) is 10.2. The molecule has 2 aromatic heterocycles. The Bertz CT molecular complexity index is 793. The van der Waals surface area contributed by atoms with Crippen LogP contribution in [0, 0.1) is 0 Å². The second kappa shape index (κ2) is 6.17. The van der Waals surface area contributed by atoms with E-state index >= 15 is 0 Å². The Balaban J connectivity index is 2.04. The van der Waals surface area contributed by atoms with Crippen molar-refractivity contribution in [3.63, 3.8) is 0 Å². The number of fused-ring (bicyclic) bond motifs is 1. The maximum atomic E-state index is 6.19. The topological polar surface area (TPSA) is 47.0 Å². The highest BCUT2D eigenvalue weighted by atomic mass is 79.9. The molecule has 0 aliphatic carbocycles. The number of rotatable bonds is 4. The summed E-state index contributed by atoms with van der Waals surface area (Å²) in [6.45, 7) is 2.74. The minimum absolute atomic E-state index is 0.501. The molecular weight excluding hydrogens is 374 g/mol. The monoisotopic (exact) mass is 383 g/mol. The minimum atomic E-state index is 0.501. The summed E-state index contributed by atoms with van der Waals surface area (Å²) in [6, 6.07) is 7.41. The third kappa shape index (κ3) is 3.12. The van der Waals surface area contributed by atoms with E-state index in [1.165, 1.54) is 0 Å². The normalized spacial score (nSPS) is 10.8. The van der Waals surface area contributed by atoms with Crippen LogP contribution in [-0.2, 0) is 0 Å². The van der Waals surface area contributed by atoms with Gasteiger partial charge in [-0.15, -0.1) is 11.3 Å². The van der Waals surface area contributed by atoms with Crippen molar-refractivity contribution >= 4 is 55.0 Å². The van der Waals surface area contributed by atoms with Gasteiger partial charge in [-0.05, 0) is 36.6 Å². The lowest BCUT2D eigenvalue weighted by Crippen LogP contribution is -2.03. The van der Waals surface area contributed by atoms with E-state index in [0.29, 0.717) is 22.6 Å². The number of benzene rings is 1. The van der Waals surface area contributed by atoms with Crippen molar-refractivity contribution in [2.24, 2.45) is 0 Å². The van der Waals surface area contributed by atoms with Gasteiger partial charge in [0.1, 0.15) is 10.6 Å². The quantitative estimate of drug-likeness (QED) is 0.660. The van der Waals surface area contributed by atoms with E-state index in [1.807, 2.05) is 24.4 Å². The summed E-state index contributed by atoms with van der Waals surface area (Å²) in [6.07, 6.45) is 0. The van der Waals surface area contributed by atoms with Crippen LogP contribution in [0.2, 0.25) is 5.02 Å². The van der Waals surface area contributed by atoms with Gasteiger partial charge in [0, 0.05) is 11.0 Å². The second-order valence-electron chi connectivity index (χ2n) is 4.20. The molecule has 0 fully saturated rings. The fourth-order valence-corrected chi connectivity index (χ4v) is 3.27. The molecule has 1 N–H and O–H groups in total. The zero-order valence-electron chi connectivity index (χ0n) is 11.1. The molecule has 0 atom stereocenters. The number of hydrogen-bond acceptors (Lipinski definition) is 5. The van der Waals surface area contributed by atoms with Gasteiger partial charge in [0.2, 0.25) is 11.8 Å². The molecule has 0 saturated heterocycles. The molecule has 0 amide bonds. The van der Waals surface area contributed by atoms with E-state index in [1.54, 1.807) is 23.5 Å². The van der Waals surface area contributed by atoms with E-state index in [-0.39, 0.29) is 0 Å². The lowest BCUT2D eigenvalue weighted by atomic mass is 10.3. The van der Waals surface area contributed by atoms with Crippen LogP contribution in [-0.4, -0.2) is 16.5 Å². The largest absolute Gasteiger partial charge is 0.437 e. The Labute approximate surface area is 139 Å². The zero-order chi connectivity index (χ0) is 14.8. The summed E-state index contributed by atoms with van der Waals surface area (Å²) < 4.78 is 6.79. The molecule has 4 nitrogen and oxygen atoms in total. The van der Waals surface area contributed by atoms with Crippen molar-refractivity contribution < 1.29 is 4.74 Å². The molecule has 3 rings (SSSR count). The van der Waals surface area contributed by atoms with Gasteiger partial charge in [-0.3, -0.25) is 0 Å². The van der Waals surface area contributed by atoms with Crippen LogP contribution < -0.4 is 10.1 Å². The molecule has 2 heterocycles. The van der Waals surface area contributed by atoms with Gasteiger partial charge in [0.15, 0.2) is 0 Å². The van der Waals surface area contributed by atoms with E-state index < -0.39 is 0 Å². The summed E-state index contributed by atoms with van der Waals surface area (Å²) in [7, 11) is 0. The summed E-state index contributed by atoms with van der Waals surface area (Å²) in [5.41, 5.74) is 0. The Morgan fingerprint density at radius 1 is 1.33 bits per heavy atom. The highest BCUT2D eigenvalue weighted by Gasteiger charge is 2.12. The fourth-order valence-electron chi connectivity index (χ4n) is 1.81. The molecule has 3 aromatic rings. The fraction of sp³-hybridized carbons (Fsp3) is 0.143. The molecule has 0 radical (unpaired) electrons. The average molecular weight is 385 g/mol. The lowest BCUT2D eigenvalue weighted by molar-refractivity contribution is 0.469. The molecule has 7 heteroatoms. The van der Waals surface area contributed by atoms with Gasteiger partial charge in [-0.1, -0.05) is 27.5 Å². The predicted octanol–water partition coefficient (Wildman–Crippen LogP) is 5.33. The maximum Gasteiger partial charge on any atom is 0.232 e.